The SMILES string of the molecule is CC[N+](=CC1CN(C(=O)C2CCN(c3ccc(C(C)(C)O)cn3)CC2)CC1c1ccc(Cl)c(F)c1)C(=O)Oc1ccc(F)cc1. The zero-order chi connectivity index (χ0) is 32.3. The Kier molecular flexibility index (Phi) is 9.84. The van der Waals surface area contributed by atoms with Crippen molar-refractivity contribution < 1.29 is 32.8 Å². The Bertz CT molecular complexity index is 1550. The highest BCUT2D eigenvalue weighted by Gasteiger charge is 2.41. The van der Waals surface area contributed by atoms with Crippen LogP contribution in [0.15, 0.2) is 60.8 Å². The number of aromatic nitrogens is 1. The summed E-state index contributed by atoms with van der Waals surface area (Å²) in [5.74, 6) is -0.677. The zero-order valence-corrected chi connectivity index (χ0v) is 26.4. The maximum atomic E-state index is 14.5. The van der Waals surface area contributed by atoms with E-state index in [9.17, 15) is 23.5 Å². The second-order valence-corrected chi connectivity index (χ2v) is 12.6. The number of hydrogen-bond donors (Lipinski definition) is 1. The minimum atomic E-state index is -0.970. The van der Waals surface area contributed by atoms with Gasteiger partial charge in [-0.1, -0.05) is 23.7 Å². The molecule has 0 aliphatic carbocycles. The van der Waals surface area contributed by atoms with Gasteiger partial charge in [0.15, 0.2) is 12.8 Å². The molecule has 238 valence electrons. The molecule has 3 aromatic rings. The first-order valence-corrected chi connectivity index (χ1v) is 15.6. The third-order valence-corrected chi connectivity index (χ3v) is 8.94. The van der Waals surface area contributed by atoms with E-state index in [4.69, 9.17) is 16.3 Å². The molecule has 0 radical (unpaired) electrons. The lowest BCUT2D eigenvalue weighted by Crippen LogP contribution is -2.42. The minimum absolute atomic E-state index is 0.0132. The number of likely N-dealkylation sites (tertiary alicyclic amines) is 1. The molecule has 0 saturated carbocycles. The van der Waals surface area contributed by atoms with E-state index in [-0.39, 0.29) is 34.4 Å². The molecule has 2 aliphatic heterocycles. The van der Waals surface area contributed by atoms with Crippen LogP contribution < -0.4 is 9.64 Å². The van der Waals surface area contributed by atoms with E-state index in [0.717, 1.165) is 11.4 Å². The molecule has 45 heavy (non-hydrogen) atoms. The summed E-state index contributed by atoms with van der Waals surface area (Å²) >= 11 is 5.96. The largest absolute Gasteiger partial charge is 0.601 e. The van der Waals surface area contributed by atoms with Crippen molar-refractivity contribution in [2.75, 3.05) is 37.6 Å². The molecule has 2 saturated heterocycles. The summed E-state index contributed by atoms with van der Waals surface area (Å²) < 4.78 is 34.7. The number of rotatable bonds is 7. The second kappa shape index (κ2) is 13.6. The predicted octanol–water partition coefficient (Wildman–Crippen LogP) is 6.00. The summed E-state index contributed by atoms with van der Waals surface area (Å²) in [5, 5.41) is 10.2. The standard InChI is InChI=1S/C34H38ClF2N4O4/c1-4-39(33(43)45-27-9-7-26(36)8-10-27)19-24-20-41(21-28(24)23-5-11-29(35)30(37)17-23)32(42)22-13-15-40(16-14-22)31-12-6-25(18-38-31)34(2,3)44/h5-12,17-19,22,24,28,44H,4,13-16,20-21H2,1-3H3/q+1. The molecule has 1 N–H and O–H groups in total. The molecule has 2 unspecified atom stereocenters. The lowest BCUT2D eigenvalue weighted by molar-refractivity contribution is -0.434. The van der Waals surface area contributed by atoms with Crippen LogP contribution in [0.2, 0.25) is 5.02 Å². The van der Waals surface area contributed by atoms with Crippen molar-refractivity contribution in [3.8, 4) is 5.75 Å². The van der Waals surface area contributed by atoms with E-state index in [2.05, 4.69) is 9.88 Å². The minimum Gasteiger partial charge on any atom is -0.386 e. The van der Waals surface area contributed by atoms with Crippen molar-refractivity contribution in [3.63, 3.8) is 0 Å². The number of halogens is 3. The van der Waals surface area contributed by atoms with E-state index < -0.39 is 23.3 Å². The molecule has 3 heterocycles. The van der Waals surface area contributed by atoms with E-state index in [1.54, 1.807) is 39.2 Å². The summed E-state index contributed by atoms with van der Waals surface area (Å²) in [4.78, 5) is 35.3. The number of piperidine rings is 1. The number of aliphatic hydroxyl groups is 1. The monoisotopic (exact) mass is 639 g/mol. The van der Waals surface area contributed by atoms with Crippen molar-refractivity contribution in [2.45, 2.75) is 45.1 Å². The first kappa shape index (κ1) is 32.5. The molecule has 2 fully saturated rings. The fourth-order valence-electron chi connectivity index (χ4n) is 5.99. The van der Waals surface area contributed by atoms with Crippen molar-refractivity contribution in [2.24, 2.45) is 11.8 Å². The van der Waals surface area contributed by atoms with Gasteiger partial charge in [0.2, 0.25) is 5.91 Å². The fourth-order valence-corrected chi connectivity index (χ4v) is 6.11. The van der Waals surface area contributed by atoms with E-state index >= 15 is 0 Å². The number of pyridine rings is 1. The smallest absolute Gasteiger partial charge is 0.386 e. The van der Waals surface area contributed by atoms with Crippen LogP contribution >= 0.6 is 11.6 Å². The molecule has 2 aliphatic rings. The van der Waals surface area contributed by atoms with Crippen LogP contribution in [-0.4, -0.2) is 70.5 Å². The van der Waals surface area contributed by atoms with Gasteiger partial charge < -0.3 is 19.6 Å². The van der Waals surface area contributed by atoms with Crippen molar-refractivity contribution in [1.29, 1.82) is 0 Å². The van der Waals surface area contributed by atoms with Gasteiger partial charge in [0.1, 0.15) is 23.2 Å². The summed E-state index contributed by atoms with van der Waals surface area (Å²) in [6, 6.07) is 13.6. The fraction of sp³-hybridized carbons (Fsp3) is 0.412. The third-order valence-electron chi connectivity index (χ3n) is 8.64. The molecule has 2 amide bonds. The molecular formula is C34H38ClF2N4O4+. The maximum Gasteiger partial charge on any atom is 0.601 e. The number of amides is 2. The number of carbonyl (C=O) groups excluding carboxylic acids is 2. The topological polar surface area (TPSA) is 86.0 Å². The Balaban J connectivity index is 1.30. The first-order chi connectivity index (χ1) is 21.4. The zero-order valence-electron chi connectivity index (χ0n) is 25.6. The van der Waals surface area contributed by atoms with Crippen LogP contribution in [0.5, 0.6) is 5.75 Å². The van der Waals surface area contributed by atoms with Crippen LogP contribution in [0.4, 0.5) is 19.4 Å². The molecular weight excluding hydrogens is 602 g/mol. The van der Waals surface area contributed by atoms with Gasteiger partial charge in [-0.25, -0.2) is 13.8 Å². The average molecular weight is 640 g/mol. The van der Waals surface area contributed by atoms with E-state index in [1.165, 1.54) is 41.0 Å². The molecule has 1 aromatic heterocycles. The second-order valence-electron chi connectivity index (χ2n) is 12.2. The van der Waals surface area contributed by atoms with Gasteiger partial charge in [0.05, 0.1) is 16.5 Å². The highest BCUT2D eigenvalue weighted by molar-refractivity contribution is 6.30. The predicted molar refractivity (Wildman–Crippen MR) is 168 cm³/mol. The van der Waals surface area contributed by atoms with Crippen LogP contribution in [0, 0.1) is 23.5 Å². The number of benzene rings is 2. The quantitative estimate of drug-likeness (QED) is 0.252. The summed E-state index contributed by atoms with van der Waals surface area (Å²) in [6.45, 7) is 7.59. The number of anilines is 1. The van der Waals surface area contributed by atoms with Gasteiger partial charge in [-0.2, -0.15) is 4.79 Å². The van der Waals surface area contributed by atoms with Crippen LogP contribution in [-0.2, 0) is 10.4 Å². The lowest BCUT2D eigenvalue weighted by atomic mass is 9.89. The number of carbonyl (C=O) groups is 2. The molecule has 2 atom stereocenters. The molecule has 0 spiro atoms. The number of nitrogens with zero attached hydrogens (tertiary/aromatic N) is 4. The highest BCUT2D eigenvalue weighted by Crippen LogP contribution is 2.35. The Morgan fingerprint density at radius 2 is 1.80 bits per heavy atom. The average Bonchev–Trinajstić information content (AvgIpc) is 3.45. The lowest BCUT2D eigenvalue weighted by Gasteiger charge is -2.34. The Hall–Kier alpha value is -3.89. The number of ether oxygens (including phenoxy) is 1. The van der Waals surface area contributed by atoms with Gasteiger partial charge >= 0.3 is 6.09 Å². The summed E-state index contributed by atoms with van der Waals surface area (Å²) in [6.07, 6.45) is 4.12. The highest BCUT2D eigenvalue weighted by atomic mass is 35.5. The molecule has 2 aromatic carbocycles. The number of hydrogen-bond acceptors (Lipinski definition) is 6. The van der Waals surface area contributed by atoms with Gasteiger partial charge in [0.25, 0.3) is 0 Å². The molecule has 0 bridgehead atoms. The summed E-state index contributed by atoms with van der Waals surface area (Å²) in [7, 11) is 0. The maximum absolute atomic E-state index is 14.5. The van der Waals surface area contributed by atoms with Crippen LogP contribution in [0.3, 0.4) is 0 Å². The third kappa shape index (κ3) is 7.68. The molecule has 5 rings (SSSR count). The Labute approximate surface area is 266 Å². The molecule has 8 nitrogen and oxygen atoms in total. The van der Waals surface area contributed by atoms with Crippen LogP contribution in [0.25, 0.3) is 0 Å². The summed E-state index contributed by atoms with van der Waals surface area (Å²) in [5.41, 5.74) is 0.451. The van der Waals surface area contributed by atoms with Gasteiger partial charge in [-0.3, -0.25) is 4.79 Å². The van der Waals surface area contributed by atoms with E-state index in [0.29, 0.717) is 51.1 Å². The first-order valence-electron chi connectivity index (χ1n) is 15.2. The van der Waals surface area contributed by atoms with Gasteiger partial charge in [0, 0.05) is 49.8 Å². The van der Waals surface area contributed by atoms with Gasteiger partial charge in [-0.05, 0) is 81.6 Å². The Morgan fingerprint density at radius 1 is 1.09 bits per heavy atom. The normalized spacial score (nSPS) is 19.6. The van der Waals surface area contributed by atoms with Crippen molar-refractivity contribution >= 4 is 35.6 Å². The van der Waals surface area contributed by atoms with Crippen molar-refractivity contribution in [1.82, 2.24) is 9.88 Å². The van der Waals surface area contributed by atoms with Crippen LogP contribution in [0.1, 0.15) is 50.7 Å². The Morgan fingerprint density at radius 3 is 2.40 bits per heavy atom. The van der Waals surface area contributed by atoms with Gasteiger partial charge in [-0.15, -0.1) is 4.58 Å². The van der Waals surface area contributed by atoms with E-state index in [1.807, 2.05) is 17.0 Å². The van der Waals surface area contributed by atoms with Crippen molar-refractivity contribution in [3.05, 3.63) is 88.6 Å². The molecule has 11 heteroatoms.